The maximum atomic E-state index is 12.8. The number of amides is 3. The number of rotatable bonds is 5. The summed E-state index contributed by atoms with van der Waals surface area (Å²) < 4.78 is 0.856. The molecule has 30 heavy (non-hydrogen) atoms. The van der Waals surface area contributed by atoms with Crippen molar-refractivity contribution in [3.63, 3.8) is 0 Å². The molecule has 1 atom stereocenters. The van der Waals surface area contributed by atoms with E-state index in [0.29, 0.717) is 17.4 Å². The first-order valence-corrected chi connectivity index (χ1v) is 11.4. The molecule has 1 aliphatic rings. The standard InChI is InChI=1S/C21H20N4O3S2/c1-12(26)22-14-6-7-17-18(9-14)30-21(23-17)24-20(28)13-8-19(27)25(11-13)15-4-3-5-16(10-15)29-2/h3-7,9-10,13H,8,11H2,1-2H3,(H,22,26)(H,23,24,28)/t13-/m1/s1. The average Bonchev–Trinajstić information content (AvgIpc) is 3.30. The van der Waals surface area contributed by atoms with E-state index in [1.54, 1.807) is 28.8 Å². The SMILES string of the molecule is CSc1cccc(N2C[C@H](C(=O)Nc3nc4ccc(NC(C)=O)cc4s3)CC2=O)c1. The summed E-state index contributed by atoms with van der Waals surface area (Å²) in [5.41, 5.74) is 2.23. The highest BCUT2D eigenvalue weighted by Gasteiger charge is 2.35. The summed E-state index contributed by atoms with van der Waals surface area (Å²) in [7, 11) is 0. The third-order valence-electron chi connectivity index (χ3n) is 4.80. The van der Waals surface area contributed by atoms with Gasteiger partial charge in [-0.1, -0.05) is 17.4 Å². The molecule has 0 unspecified atom stereocenters. The number of thioether (sulfide) groups is 1. The molecule has 1 saturated heterocycles. The molecule has 0 aliphatic carbocycles. The zero-order valence-corrected chi connectivity index (χ0v) is 18.1. The van der Waals surface area contributed by atoms with Gasteiger partial charge in [0.05, 0.1) is 16.1 Å². The lowest BCUT2D eigenvalue weighted by Gasteiger charge is -2.17. The molecule has 0 radical (unpaired) electrons. The maximum absolute atomic E-state index is 12.8. The third-order valence-corrected chi connectivity index (χ3v) is 6.46. The minimum atomic E-state index is -0.433. The fourth-order valence-corrected chi connectivity index (χ4v) is 4.74. The summed E-state index contributed by atoms with van der Waals surface area (Å²) >= 11 is 2.94. The fraction of sp³-hybridized carbons (Fsp3) is 0.238. The quantitative estimate of drug-likeness (QED) is 0.586. The van der Waals surface area contributed by atoms with Crippen LogP contribution in [0, 0.1) is 5.92 Å². The van der Waals surface area contributed by atoms with Gasteiger partial charge in [0.2, 0.25) is 17.7 Å². The number of nitrogens with zero attached hydrogens (tertiary/aromatic N) is 2. The number of hydrogen-bond acceptors (Lipinski definition) is 6. The van der Waals surface area contributed by atoms with E-state index >= 15 is 0 Å². The van der Waals surface area contributed by atoms with Crippen LogP contribution in [0.15, 0.2) is 47.4 Å². The molecule has 0 spiro atoms. The molecule has 0 bridgehead atoms. The Labute approximate surface area is 181 Å². The Kier molecular flexibility index (Phi) is 5.74. The van der Waals surface area contributed by atoms with Crippen LogP contribution in [-0.4, -0.2) is 35.5 Å². The number of nitrogens with one attached hydrogen (secondary N) is 2. The van der Waals surface area contributed by atoms with Crippen molar-refractivity contribution in [1.29, 1.82) is 0 Å². The monoisotopic (exact) mass is 440 g/mol. The first-order chi connectivity index (χ1) is 14.4. The average molecular weight is 441 g/mol. The second kappa shape index (κ2) is 8.45. The summed E-state index contributed by atoms with van der Waals surface area (Å²) in [6, 6.07) is 13.1. The van der Waals surface area contributed by atoms with Crippen LogP contribution in [0.2, 0.25) is 0 Å². The van der Waals surface area contributed by atoms with Crippen LogP contribution in [0.3, 0.4) is 0 Å². The molecule has 1 aliphatic heterocycles. The van der Waals surface area contributed by atoms with E-state index in [0.717, 1.165) is 20.8 Å². The molecule has 7 nitrogen and oxygen atoms in total. The second-order valence-corrected chi connectivity index (χ2v) is 8.89. The highest BCUT2D eigenvalue weighted by Crippen LogP contribution is 2.31. The Morgan fingerprint density at radius 1 is 1.20 bits per heavy atom. The van der Waals surface area contributed by atoms with Gasteiger partial charge in [-0.3, -0.25) is 14.4 Å². The van der Waals surface area contributed by atoms with Crippen LogP contribution in [0.4, 0.5) is 16.5 Å². The molecule has 2 heterocycles. The highest BCUT2D eigenvalue weighted by molar-refractivity contribution is 7.98. The lowest BCUT2D eigenvalue weighted by atomic mass is 10.1. The molecular formula is C21H20N4O3S2. The van der Waals surface area contributed by atoms with Crippen LogP contribution in [-0.2, 0) is 14.4 Å². The lowest BCUT2D eigenvalue weighted by Crippen LogP contribution is -2.28. The maximum Gasteiger partial charge on any atom is 0.231 e. The van der Waals surface area contributed by atoms with Gasteiger partial charge in [-0.05, 0) is 42.7 Å². The van der Waals surface area contributed by atoms with Crippen molar-refractivity contribution >= 4 is 67.5 Å². The Bertz CT molecular complexity index is 1140. The van der Waals surface area contributed by atoms with E-state index in [4.69, 9.17) is 0 Å². The van der Waals surface area contributed by atoms with E-state index < -0.39 is 5.92 Å². The van der Waals surface area contributed by atoms with Crippen LogP contribution in [0.1, 0.15) is 13.3 Å². The number of fused-ring (bicyclic) bond motifs is 1. The number of carbonyl (C=O) groups excluding carboxylic acids is 3. The van der Waals surface area contributed by atoms with Crippen molar-refractivity contribution in [3.8, 4) is 0 Å². The minimum Gasteiger partial charge on any atom is -0.326 e. The minimum absolute atomic E-state index is 0.0577. The van der Waals surface area contributed by atoms with Crippen molar-refractivity contribution in [1.82, 2.24) is 4.98 Å². The molecule has 4 rings (SSSR count). The van der Waals surface area contributed by atoms with E-state index in [1.165, 1.54) is 18.3 Å². The largest absolute Gasteiger partial charge is 0.326 e. The molecule has 2 aromatic carbocycles. The molecule has 2 N–H and O–H groups in total. The molecule has 9 heteroatoms. The van der Waals surface area contributed by atoms with Gasteiger partial charge in [0.15, 0.2) is 5.13 Å². The van der Waals surface area contributed by atoms with Gasteiger partial charge in [-0.15, -0.1) is 11.8 Å². The van der Waals surface area contributed by atoms with Crippen molar-refractivity contribution < 1.29 is 14.4 Å². The Morgan fingerprint density at radius 2 is 2.03 bits per heavy atom. The summed E-state index contributed by atoms with van der Waals surface area (Å²) in [5.74, 6) is -0.853. The molecule has 154 valence electrons. The Balaban J connectivity index is 1.46. The van der Waals surface area contributed by atoms with E-state index in [9.17, 15) is 14.4 Å². The van der Waals surface area contributed by atoms with Crippen molar-refractivity contribution in [2.45, 2.75) is 18.2 Å². The van der Waals surface area contributed by atoms with E-state index in [-0.39, 0.29) is 24.1 Å². The van der Waals surface area contributed by atoms with Gasteiger partial charge in [0, 0.05) is 36.2 Å². The van der Waals surface area contributed by atoms with Crippen LogP contribution >= 0.6 is 23.1 Å². The van der Waals surface area contributed by atoms with Gasteiger partial charge in [0.25, 0.3) is 0 Å². The van der Waals surface area contributed by atoms with Gasteiger partial charge < -0.3 is 15.5 Å². The van der Waals surface area contributed by atoms with Crippen molar-refractivity contribution in [2.24, 2.45) is 5.92 Å². The van der Waals surface area contributed by atoms with Crippen LogP contribution in [0.25, 0.3) is 10.2 Å². The number of hydrogen-bond donors (Lipinski definition) is 2. The lowest BCUT2D eigenvalue weighted by molar-refractivity contribution is -0.122. The predicted octanol–water partition coefficient (Wildman–Crippen LogP) is 3.97. The fourth-order valence-electron chi connectivity index (χ4n) is 3.38. The number of anilines is 3. The van der Waals surface area contributed by atoms with Gasteiger partial charge in [0.1, 0.15) is 0 Å². The summed E-state index contributed by atoms with van der Waals surface area (Å²) in [6.45, 7) is 1.80. The molecule has 3 amide bonds. The number of aromatic nitrogens is 1. The van der Waals surface area contributed by atoms with Crippen LogP contribution in [0.5, 0.6) is 0 Å². The van der Waals surface area contributed by atoms with Gasteiger partial charge >= 0.3 is 0 Å². The Morgan fingerprint density at radius 3 is 2.80 bits per heavy atom. The zero-order chi connectivity index (χ0) is 21.3. The summed E-state index contributed by atoms with van der Waals surface area (Å²) in [4.78, 5) is 43.7. The van der Waals surface area contributed by atoms with E-state index in [1.807, 2.05) is 36.6 Å². The molecule has 1 aromatic heterocycles. The number of benzene rings is 2. The second-order valence-electron chi connectivity index (χ2n) is 6.98. The molecule has 1 fully saturated rings. The predicted molar refractivity (Wildman–Crippen MR) is 121 cm³/mol. The van der Waals surface area contributed by atoms with E-state index in [2.05, 4.69) is 15.6 Å². The zero-order valence-electron chi connectivity index (χ0n) is 16.5. The molecule has 3 aromatic rings. The summed E-state index contributed by atoms with van der Waals surface area (Å²) in [6.07, 6.45) is 2.16. The summed E-state index contributed by atoms with van der Waals surface area (Å²) in [5, 5.41) is 6.06. The first kappa shape index (κ1) is 20.4. The topological polar surface area (TPSA) is 91.4 Å². The highest BCUT2D eigenvalue weighted by atomic mass is 32.2. The first-order valence-electron chi connectivity index (χ1n) is 9.36. The molecule has 0 saturated carbocycles. The van der Waals surface area contributed by atoms with Crippen LogP contribution < -0.4 is 15.5 Å². The Hall–Kier alpha value is -2.91. The van der Waals surface area contributed by atoms with Crippen molar-refractivity contribution in [3.05, 3.63) is 42.5 Å². The van der Waals surface area contributed by atoms with Crippen molar-refractivity contribution in [2.75, 3.05) is 28.3 Å². The number of carbonyl (C=O) groups is 3. The van der Waals surface area contributed by atoms with Gasteiger partial charge in [-0.25, -0.2) is 4.98 Å². The smallest absolute Gasteiger partial charge is 0.231 e. The third kappa shape index (κ3) is 4.31. The number of thiazole rings is 1. The van der Waals surface area contributed by atoms with Gasteiger partial charge in [-0.2, -0.15) is 0 Å². The normalized spacial score (nSPS) is 16.1. The molecular weight excluding hydrogens is 420 g/mol.